The Labute approximate surface area is 195 Å². The number of benzene rings is 2. The van der Waals surface area contributed by atoms with Gasteiger partial charge in [-0.1, -0.05) is 24.3 Å². The van der Waals surface area contributed by atoms with Crippen molar-refractivity contribution in [1.82, 2.24) is 15.0 Å². The SMILES string of the molecule is CC(=O)Nc1ccccc1-c1cnc2nc(-c3cc(NC(=O)c4ccco4)ccc3C)[nH]c2c1. The molecule has 8 heteroatoms. The number of nitrogens with one attached hydrogen (secondary N) is 3. The number of imidazole rings is 1. The first-order valence-electron chi connectivity index (χ1n) is 10.7. The molecule has 0 atom stereocenters. The van der Waals surface area contributed by atoms with Crippen molar-refractivity contribution in [1.29, 1.82) is 0 Å². The van der Waals surface area contributed by atoms with Gasteiger partial charge in [0.2, 0.25) is 5.91 Å². The molecule has 5 aromatic rings. The largest absolute Gasteiger partial charge is 0.459 e. The maximum atomic E-state index is 12.4. The summed E-state index contributed by atoms with van der Waals surface area (Å²) in [6.45, 7) is 3.45. The Bertz CT molecular complexity index is 1520. The molecule has 3 heterocycles. The van der Waals surface area contributed by atoms with Crippen LogP contribution in [0.4, 0.5) is 11.4 Å². The van der Waals surface area contributed by atoms with Crippen LogP contribution in [0.2, 0.25) is 0 Å². The second-order valence-electron chi connectivity index (χ2n) is 7.87. The Hall–Kier alpha value is -4.72. The first-order chi connectivity index (χ1) is 16.5. The van der Waals surface area contributed by atoms with Crippen molar-refractivity contribution in [2.75, 3.05) is 10.6 Å². The van der Waals surface area contributed by atoms with E-state index >= 15 is 0 Å². The standard InChI is InChI=1S/C26H21N5O3/c1-15-9-10-18(29-26(33)23-8-5-11-34-23)13-20(15)24-30-22-12-17(14-27-25(22)31-24)19-6-3-4-7-21(19)28-16(2)32/h3-14H,1-2H3,(H,28,32)(H,29,33)(H,27,30,31). The fourth-order valence-corrected chi connectivity index (χ4v) is 3.76. The van der Waals surface area contributed by atoms with Gasteiger partial charge in [-0.05, 0) is 48.9 Å². The van der Waals surface area contributed by atoms with Gasteiger partial charge in [0.25, 0.3) is 5.91 Å². The van der Waals surface area contributed by atoms with Crippen molar-refractivity contribution < 1.29 is 14.0 Å². The summed E-state index contributed by atoms with van der Waals surface area (Å²) in [5.74, 6) is 0.414. The monoisotopic (exact) mass is 451 g/mol. The minimum absolute atomic E-state index is 0.139. The van der Waals surface area contributed by atoms with E-state index in [2.05, 4.69) is 25.6 Å². The van der Waals surface area contributed by atoms with Crippen LogP contribution in [0.15, 0.2) is 77.5 Å². The summed E-state index contributed by atoms with van der Waals surface area (Å²) in [5.41, 5.74) is 6.22. The van der Waals surface area contributed by atoms with Crippen LogP contribution >= 0.6 is 0 Å². The predicted octanol–water partition coefficient (Wildman–Crippen LogP) is 5.40. The highest BCUT2D eigenvalue weighted by atomic mass is 16.3. The average Bonchev–Trinajstić information content (AvgIpc) is 3.50. The molecule has 2 aromatic carbocycles. The lowest BCUT2D eigenvalue weighted by Crippen LogP contribution is -2.10. The third kappa shape index (κ3) is 4.16. The lowest BCUT2D eigenvalue weighted by Gasteiger charge is -2.09. The normalized spacial score (nSPS) is 10.9. The molecule has 0 aliphatic rings. The van der Waals surface area contributed by atoms with Gasteiger partial charge in [-0.15, -0.1) is 0 Å². The van der Waals surface area contributed by atoms with Gasteiger partial charge in [-0.2, -0.15) is 0 Å². The summed E-state index contributed by atoms with van der Waals surface area (Å²) in [6, 6.07) is 18.4. The first-order valence-corrected chi connectivity index (χ1v) is 10.7. The van der Waals surface area contributed by atoms with Crippen LogP contribution in [0.25, 0.3) is 33.7 Å². The van der Waals surface area contributed by atoms with Crippen LogP contribution in [-0.2, 0) is 4.79 Å². The van der Waals surface area contributed by atoms with Crippen molar-refractivity contribution in [2.45, 2.75) is 13.8 Å². The molecule has 3 N–H and O–H groups in total. The topological polar surface area (TPSA) is 113 Å². The summed E-state index contributed by atoms with van der Waals surface area (Å²) in [6.07, 6.45) is 3.19. The number of anilines is 2. The molecule has 0 saturated heterocycles. The van der Waals surface area contributed by atoms with Gasteiger partial charge in [0.1, 0.15) is 5.82 Å². The summed E-state index contributed by atoms with van der Waals surface area (Å²) in [4.78, 5) is 36.5. The van der Waals surface area contributed by atoms with Crippen LogP contribution in [0.3, 0.4) is 0 Å². The van der Waals surface area contributed by atoms with Crippen molar-refractivity contribution in [3.63, 3.8) is 0 Å². The van der Waals surface area contributed by atoms with Crippen LogP contribution in [0.1, 0.15) is 23.0 Å². The number of para-hydroxylation sites is 1. The molecule has 0 fully saturated rings. The Morgan fingerprint density at radius 1 is 0.971 bits per heavy atom. The molecule has 34 heavy (non-hydrogen) atoms. The van der Waals surface area contributed by atoms with Gasteiger partial charge in [-0.3, -0.25) is 9.59 Å². The second-order valence-corrected chi connectivity index (χ2v) is 7.87. The molecule has 5 rings (SSSR count). The van der Waals surface area contributed by atoms with Gasteiger partial charge in [0.15, 0.2) is 11.4 Å². The number of rotatable bonds is 5. The molecule has 0 spiro atoms. The van der Waals surface area contributed by atoms with E-state index in [1.165, 1.54) is 13.2 Å². The number of H-pyrrole nitrogens is 1. The lowest BCUT2D eigenvalue weighted by molar-refractivity contribution is -0.114. The average molecular weight is 451 g/mol. The summed E-state index contributed by atoms with van der Waals surface area (Å²) >= 11 is 0. The fourth-order valence-electron chi connectivity index (χ4n) is 3.76. The molecule has 0 saturated carbocycles. The van der Waals surface area contributed by atoms with Crippen molar-refractivity contribution in [3.8, 4) is 22.5 Å². The fraction of sp³-hybridized carbons (Fsp3) is 0.0769. The predicted molar refractivity (Wildman–Crippen MR) is 130 cm³/mol. The van der Waals surface area contributed by atoms with E-state index < -0.39 is 0 Å². The molecular weight excluding hydrogens is 430 g/mol. The number of carbonyl (C=O) groups is 2. The Morgan fingerprint density at radius 3 is 2.62 bits per heavy atom. The minimum atomic E-state index is -0.325. The maximum absolute atomic E-state index is 12.4. The van der Waals surface area contributed by atoms with Gasteiger partial charge < -0.3 is 20.0 Å². The van der Waals surface area contributed by atoms with E-state index in [9.17, 15) is 9.59 Å². The highest BCUT2D eigenvalue weighted by Gasteiger charge is 2.14. The molecule has 2 amide bonds. The van der Waals surface area contributed by atoms with E-state index in [1.807, 2.05) is 55.5 Å². The van der Waals surface area contributed by atoms with Gasteiger partial charge in [-0.25, -0.2) is 9.97 Å². The molecule has 8 nitrogen and oxygen atoms in total. The molecular formula is C26H21N5O3. The lowest BCUT2D eigenvalue weighted by atomic mass is 10.1. The number of aromatic nitrogens is 3. The Kier molecular flexibility index (Phi) is 5.39. The minimum Gasteiger partial charge on any atom is -0.459 e. The van der Waals surface area contributed by atoms with E-state index in [-0.39, 0.29) is 17.6 Å². The van der Waals surface area contributed by atoms with E-state index in [0.717, 1.165) is 27.8 Å². The van der Waals surface area contributed by atoms with Gasteiger partial charge >= 0.3 is 0 Å². The van der Waals surface area contributed by atoms with Crippen LogP contribution in [0, 0.1) is 6.92 Å². The van der Waals surface area contributed by atoms with Crippen LogP contribution < -0.4 is 10.6 Å². The van der Waals surface area contributed by atoms with Gasteiger partial charge in [0, 0.05) is 41.2 Å². The van der Waals surface area contributed by atoms with Crippen LogP contribution in [0.5, 0.6) is 0 Å². The molecule has 0 aliphatic heterocycles. The summed E-state index contributed by atoms with van der Waals surface area (Å²) in [5, 5.41) is 5.70. The van der Waals surface area contributed by atoms with E-state index in [0.29, 0.717) is 22.8 Å². The number of pyridine rings is 1. The number of carbonyl (C=O) groups excluding carboxylic acids is 2. The third-order valence-electron chi connectivity index (χ3n) is 5.38. The number of hydrogen-bond donors (Lipinski definition) is 3. The zero-order chi connectivity index (χ0) is 23.7. The van der Waals surface area contributed by atoms with Crippen molar-refractivity contribution >= 4 is 34.4 Å². The Balaban J connectivity index is 1.49. The molecule has 0 unspecified atom stereocenters. The van der Waals surface area contributed by atoms with E-state index in [1.54, 1.807) is 18.3 Å². The zero-order valence-corrected chi connectivity index (χ0v) is 18.5. The summed E-state index contributed by atoms with van der Waals surface area (Å²) in [7, 11) is 0. The van der Waals surface area contributed by atoms with Crippen molar-refractivity contribution in [2.24, 2.45) is 0 Å². The number of hydrogen-bond acceptors (Lipinski definition) is 5. The molecule has 0 radical (unpaired) electrons. The number of aromatic amines is 1. The van der Waals surface area contributed by atoms with E-state index in [4.69, 9.17) is 4.42 Å². The van der Waals surface area contributed by atoms with Crippen molar-refractivity contribution in [3.05, 3.63) is 84.4 Å². The molecule has 168 valence electrons. The first kappa shape index (κ1) is 21.1. The van der Waals surface area contributed by atoms with Crippen LogP contribution in [-0.4, -0.2) is 26.8 Å². The number of fused-ring (bicyclic) bond motifs is 1. The molecule has 0 aliphatic carbocycles. The van der Waals surface area contributed by atoms with Gasteiger partial charge in [0.05, 0.1) is 11.8 Å². The highest BCUT2D eigenvalue weighted by molar-refractivity contribution is 6.02. The smallest absolute Gasteiger partial charge is 0.291 e. The zero-order valence-electron chi connectivity index (χ0n) is 18.5. The second kappa shape index (κ2) is 8.67. The molecule has 3 aromatic heterocycles. The highest BCUT2D eigenvalue weighted by Crippen LogP contribution is 2.31. The molecule has 0 bridgehead atoms. The number of nitrogens with zero attached hydrogens (tertiary/aromatic N) is 2. The maximum Gasteiger partial charge on any atom is 0.291 e. The number of amides is 2. The quantitative estimate of drug-likeness (QED) is 0.331. The summed E-state index contributed by atoms with van der Waals surface area (Å²) < 4.78 is 5.16. The Morgan fingerprint density at radius 2 is 1.82 bits per heavy atom. The third-order valence-corrected chi connectivity index (χ3v) is 5.38. The number of furan rings is 1. The number of aryl methyl sites for hydroxylation is 1.